The van der Waals surface area contributed by atoms with E-state index < -0.39 is 0 Å². The fourth-order valence-corrected chi connectivity index (χ4v) is 2.26. The molecule has 4 nitrogen and oxygen atoms in total. The smallest absolute Gasteiger partial charge is 0.237 e. The SMILES string of the molecule is CCC(CC)NC(=O)C(C)NCC1(C)CCCO1. The van der Waals surface area contributed by atoms with Gasteiger partial charge in [-0.2, -0.15) is 0 Å². The van der Waals surface area contributed by atoms with Crippen molar-refractivity contribution in [2.75, 3.05) is 13.2 Å². The Labute approximate surface area is 111 Å². The number of hydrogen-bond acceptors (Lipinski definition) is 3. The first-order valence-electron chi connectivity index (χ1n) is 7.18. The predicted octanol–water partition coefficient (Wildman–Crippen LogP) is 1.84. The molecule has 106 valence electrons. The minimum atomic E-state index is -0.161. The number of carbonyl (C=O) groups excluding carboxylic acids is 1. The third-order valence-corrected chi connectivity index (χ3v) is 3.81. The van der Waals surface area contributed by atoms with Gasteiger partial charge in [0.25, 0.3) is 0 Å². The van der Waals surface area contributed by atoms with Crippen LogP contribution in [-0.2, 0) is 9.53 Å². The molecule has 0 saturated carbocycles. The van der Waals surface area contributed by atoms with Crippen molar-refractivity contribution in [3.8, 4) is 0 Å². The summed E-state index contributed by atoms with van der Waals surface area (Å²) in [6.45, 7) is 9.80. The highest BCUT2D eigenvalue weighted by atomic mass is 16.5. The molecule has 1 saturated heterocycles. The van der Waals surface area contributed by atoms with E-state index in [0.717, 1.165) is 38.8 Å². The summed E-state index contributed by atoms with van der Waals surface area (Å²) in [6.07, 6.45) is 4.15. The quantitative estimate of drug-likeness (QED) is 0.731. The van der Waals surface area contributed by atoms with E-state index in [9.17, 15) is 4.79 Å². The summed E-state index contributed by atoms with van der Waals surface area (Å²) in [5.41, 5.74) is -0.0938. The molecule has 1 rings (SSSR count). The van der Waals surface area contributed by atoms with Gasteiger partial charge in [0.2, 0.25) is 5.91 Å². The van der Waals surface area contributed by atoms with Gasteiger partial charge in [-0.05, 0) is 39.5 Å². The first kappa shape index (κ1) is 15.4. The van der Waals surface area contributed by atoms with Crippen LogP contribution < -0.4 is 10.6 Å². The third-order valence-electron chi connectivity index (χ3n) is 3.81. The van der Waals surface area contributed by atoms with Gasteiger partial charge in [-0.1, -0.05) is 13.8 Å². The predicted molar refractivity (Wildman–Crippen MR) is 73.6 cm³/mol. The Kier molecular flexibility index (Phi) is 6.09. The monoisotopic (exact) mass is 256 g/mol. The largest absolute Gasteiger partial charge is 0.374 e. The van der Waals surface area contributed by atoms with E-state index in [1.54, 1.807) is 0 Å². The molecule has 1 aliphatic heterocycles. The molecule has 4 heteroatoms. The highest BCUT2D eigenvalue weighted by molar-refractivity contribution is 5.81. The molecule has 2 N–H and O–H groups in total. The molecule has 2 unspecified atom stereocenters. The second kappa shape index (κ2) is 7.10. The molecule has 0 bridgehead atoms. The fraction of sp³-hybridized carbons (Fsp3) is 0.929. The normalized spacial score (nSPS) is 25.4. The van der Waals surface area contributed by atoms with Crippen LogP contribution in [0.4, 0.5) is 0 Å². The van der Waals surface area contributed by atoms with Crippen molar-refractivity contribution < 1.29 is 9.53 Å². The van der Waals surface area contributed by atoms with E-state index in [2.05, 4.69) is 31.4 Å². The number of nitrogens with one attached hydrogen (secondary N) is 2. The summed E-state index contributed by atoms with van der Waals surface area (Å²) in [5.74, 6) is 0.0882. The van der Waals surface area contributed by atoms with E-state index in [1.807, 2.05) is 6.92 Å². The summed E-state index contributed by atoms with van der Waals surface area (Å²) in [5, 5.41) is 6.34. The lowest BCUT2D eigenvalue weighted by atomic mass is 10.0. The zero-order valence-electron chi connectivity index (χ0n) is 12.2. The van der Waals surface area contributed by atoms with Crippen LogP contribution >= 0.6 is 0 Å². The first-order valence-corrected chi connectivity index (χ1v) is 7.18. The molecular formula is C14H28N2O2. The fourth-order valence-electron chi connectivity index (χ4n) is 2.26. The molecule has 0 radical (unpaired) electrons. The Balaban J connectivity index is 2.31. The lowest BCUT2D eigenvalue weighted by molar-refractivity contribution is -0.123. The molecule has 0 aliphatic carbocycles. The number of carbonyl (C=O) groups is 1. The number of hydrogen-bond donors (Lipinski definition) is 2. The van der Waals surface area contributed by atoms with Crippen molar-refractivity contribution in [2.45, 2.75) is 71.1 Å². The van der Waals surface area contributed by atoms with Gasteiger partial charge in [0.1, 0.15) is 0 Å². The maximum absolute atomic E-state index is 12.0. The van der Waals surface area contributed by atoms with Crippen molar-refractivity contribution in [1.82, 2.24) is 10.6 Å². The van der Waals surface area contributed by atoms with Crippen LogP contribution in [0.5, 0.6) is 0 Å². The van der Waals surface area contributed by atoms with Gasteiger partial charge in [-0.15, -0.1) is 0 Å². The van der Waals surface area contributed by atoms with Gasteiger partial charge in [-0.25, -0.2) is 0 Å². The third kappa shape index (κ3) is 4.58. The Hall–Kier alpha value is -0.610. The molecule has 1 amide bonds. The summed E-state index contributed by atoms with van der Waals surface area (Å²) in [7, 11) is 0. The molecule has 0 aromatic rings. The van der Waals surface area contributed by atoms with Crippen LogP contribution in [0.15, 0.2) is 0 Å². The zero-order chi connectivity index (χ0) is 13.6. The van der Waals surface area contributed by atoms with E-state index in [1.165, 1.54) is 0 Å². The Bertz CT molecular complexity index is 259. The van der Waals surface area contributed by atoms with Gasteiger partial charge in [0.05, 0.1) is 11.6 Å². The van der Waals surface area contributed by atoms with Crippen LogP contribution in [0, 0.1) is 0 Å². The first-order chi connectivity index (χ1) is 8.50. The zero-order valence-corrected chi connectivity index (χ0v) is 12.2. The summed E-state index contributed by atoms with van der Waals surface area (Å²) in [4.78, 5) is 12.0. The molecule has 18 heavy (non-hydrogen) atoms. The molecule has 1 fully saturated rings. The summed E-state index contributed by atoms with van der Waals surface area (Å²) in [6, 6.07) is 0.131. The van der Waals surface area contributed by atoms with Crippen LogP contribution in [0.25, 0.3) is 0 Å². The average Bonchev–Trinajstić information content (AvgIpc) is 2.80. The second-order valence-corrected chi connectivity index (χ2v) is 5.53. The lowest BCUT2D eigenvalue weighted by Crippen LogP contribution is -2.49. The van der Waals surface area contributed by atoms with E-state index in [0.29, 0.717) is 6.04 Å². The topological polar surface area (TPSA) is 50.4 Å². The minimum Gasteiger partial charge on any atom is -0.374 e. The van der Waals surface area contributed by atoms with E-state index >= 15 is 0 Å². The van der Waals surface area contributed by atoms with E-state index in [4.69, 9.17) is 4.74 Å². The van der Waals surface area contributed by atoms with Gasteiger partial charge in [-0.3, -0.25) is 4.79 Å². The molecule has 1 aliphatic rings. The number of ether oxygens (including phenoxy) is 1. The molecule has 0 spiro atoms. The van der Waals surface area contributed by atoms with Crippen LogP contribution in [-0.4, -0.2) is 36.7 Å². The number of rotatable bonds is 7. The lowest BCUT2D eigenvalue weighted by Gasteiger charge is -2.26. The van der Waals surface area contributed by atoms with Gasteiger partial charge < -0.3 is 15.4 Å². The second-order valence-electron chi connectivity index (χ2n) is 5.53. The molecule has 2 atom stereocenters. The molecule has 0 aromatic heterocycles. The Morgan fingerprint density at radius 2 is 2.06 bits per heavy atom. The molecule has 0 aromatic carbocycles. The van der Waals surface area contributed by atoms with Gasteiger partial charge in [0, 0.05) is 19.2 Å². The molecular weight excluding hydrogens is 228 g/mol. The maximum Gasteiger partial charge on any atom is 0.237 e. The van der Waals surface area contributed by atoms with Crippen molar-refractivity contribution in [3.05, 3.63) is 0 Å². The highest BCUT2D eigenvalue weighted by Gasteiger charge is 2.30. The van der Waals surface area contributed by atoms with Crippen molar-refractivity contribution in [2.24, 2.45) is 0 Å². The highest BCUT2D eigenvalue weighted by Crippen LogP contribution is 2.23. The summed E-state index contributed by atoms with van der Waals surface area (Å²) < 4.78 is 5.70. The maximum atomic E-state index is 12.0. The van der Waals surface area contributed by atoms with Crippen LogP contribution in [0.1, 0.15) is 53.4 Å². The van der Waals surface area contributed by atoms with Gasteiger partial charge >= 0.3 is 0 Å². The Morgan fingerprint density at radius 1 is 1.39 bits per heavy atom. The standard InChI is InChI=1S/C14H28N2O2/c1-5-12(6-2)16-13(17)11(3)15-10-14(4)8-7-9-18-14/h11-12,15H,5-10H2,1-4H3,(H,16,17). The van der Waals surface area contributed by atoms with Gasteiger partial charge in [0.15, 0.2) is 0 Å². The van der Waals surface area contributed by atoms with E-state index in [-0.39, 0.29) is 17.6 Å². The van der Waals surface area contributed by atoms with Crippen LogP contribution in [0.3, 0.4) is 0 Å². The Morgan fingerprint density at radius 3 is 2.56 bits per heavy atom. The van der Waals surface area contributed by atoms with Crippen molar-refractivity contribution in [1.29, 1.82) is 0 Å². The molecule has 1 heterocycles. The van der Waals surface area contributed by atoms with Crippen molar-refractivity contribution >= 4 is 5.91 Å². The average molecular weight is 256 g/mol. The van der Waals surface area contributed by atoms with Crippen molar-refractivity contribution in [3.63, 3.8) is 0 Å². The minimum absolute atomic E-state index is 0.0882. The number of amides is 1. The van der Waals surface area contributed by atoms with Crippen LogP contribution in [0.2, 0.25) is 0 Å². The summed E-state index contributed by atoms with van der Waals surface area (Å²) >= 11 is 0.